The molecule has 3 nitrogen and oxygen atoms in total. The fourth-order valence-corrected chi connectivity index (χ4v) is 3.71. The summed E-state index contributed by atoms with van der Waals surface area (Å²) in [6.45, 7) is 6.71. The molecule has 102 valence electrons. The number of sulfonamides is 1. The van der Waals surface area contributed by atoms with Crippen molar-refractivity contribution in [3.8, 4) is 0 Å². The van der Waals surface area contributed by atoms with E-state index in [-0.39, 0.29) is 0 Å². The Kier molecular flexibility index (Phi) is 3.92. The summed E-state index contributed by atoms with van der Waals surface area (Å²) in [6.07, 6.45) is 0. The van der Waals surface area contributed by atoms with Gasteiger partial charge in [-0.15, -0.1) is 0 Å². The fourth-order valence-electron chi connectivity index (χ4n) is 2.22. The zero-order valence-corrected chi connectivity index (χ0v) is 12.4. The number of hydrogen-bond donors (Lipinski definition) is 0. The SMILES string of the molecule is CCN(CC)S(=O)(=O)c1ccc2cc(C)ccc2c1. The van der Waals surface area contributed by atoms with E-state index in [0.717, 1.165) is 10.8 Å². The Bertz CT molecular complexity index is 688. The molecule has 0 aromatic heterocycles. The molecular formula is C15H19NO2S. The molecule has 0 aliphatic carbocycles. The Hall–Kier alpha value is -1.39. The van der Waals surface area contributed by atoms with Crippen LogP contribution in [-0.4, -0.2) is 25.8 Å². The Morgan fingerprint density at radius 1 is 0.947 bits per heavy atom. The Balaban J connectivity index is 2.55. The molecule has 0 aliphatic rings. The molecule has 0 aliphatic heterocycles. The van der Waals surface area contributed by atoms with Gasteiger partial charge in [-0.2, -0.15) is 4.31 Å². The van der Waals surface area contributed by atoms with Gasteiger partial charge >= 0.3 is 0 Å². The van der Waals surface area contributed by atoms with E-state index in [1.807, 2.05) is 39.0 Å². The molecule has 0 radical (unpaired) electrons. The maximum atomic E-state index is 12.4. The van der Waals surface area contributed by atoms with Crippen molar-refractivity contribution in [1.29, 1.82) is 0 Å². The minimum atomic E-state index is -3.37. The van der Waals surface area contributed by atoms with E-state index in [4.69, 9.17) is 0 Å². The van der Waals surface area contributed by atoms with Crippen LogP contribution in [0, 0.1) is 6.92 Å². The predicted octanol–water partition coefficient (Wildman–Crippen LogP) is 3.18. The van der Waals surface area contributed by atoms with E-state index < -0.39 is 10.0 Å². The van der Waals surface area contributed by atoms with Gasteiger partial charge in [0.25, 0.3) is 0 Å². The van der Waals surface area contributed by atoms with Crippen LogP contribution in [-0.2, 0) is 10.0 Å². The Morgan fingerprint density at radius 3 is 2.16 bits per heavy atom. The quantitative estimate of drug-likeness (QED) is 0.860. The van der Waals surface area contributed by atoms with Gasteiger partial charge in [0.05, 0.1) is 4.90 Å². The highest BCUT2D eigenvalue weighted by Crippen LogP contribution is 2.22. The molecule has 2 aromatic carbocycles. The summed E-state index contributed by atoms with van der Waals surface area (Å²) in [5.74, 6) is 0. The summed E-state index contributed by atoms with van der Waals surface area (Å²) in [7, 11) is -3.37. The molecule has 0 saturated carbocycles. The minimum absolute atomic E-state index is 0.368. The molecular weight excluding hydrogens is 258 g/mol. The number of aryl methyl sites for hydroxylation is 1. The van der Waals surface area contributed by atoms with Gasteiger partial charge in [0.15, 0.2) is 0 Å². The van der Waals surface area contributed by atoms with Gasteiger partial charge in [0.1, 0.15) is 0 Å². The van der Waals surface area contributed by atoms with Crippen LogP contribution in [0.4, 0.5) is 0 Å². The van der Waals surface area contributed by atoms with Crippen molar-refractivity contribution in [2.24, 2.45) is 0 Å². The minimum Gasteiger partial charge on any atom is -0.207 e. The zero-order chi connectivity index (χ0) is 14.0. The molecule has 0 spiro atoms. The third kappa shape index (κ3) is 2.65. The first-order valence-corrected chi connectivity index (χ1v) is 7.93. The van der Waals surface area contributed by atoms with Crippen molar-refractivity contribution in [2.45, 2.75) is 25.7 Å². The lowest BCUT2D eigenvalue weighted by Gasteiger charge is -2.18. The molecule has 19 heavy (non-hydrogen) atoms. The molecule has 0 bridgehead atoms. The molecule has 0 heterocycles. The maximum absolute atomic E-state index is 12.4. The normalized spacial score (nSPS) is 12.2. The molecule has 4 heteroatoms. The molecule has 0 saturated heterocycles. The average molecular weight is 277 g/mol. The van der Waals surface area contributed by atoms with Crippen LogP contribution in [0.1, 0.15) is 19.4 Å². The lowest BCUT2D eigenvalue weighted by atomic mass is 10.1. The second-order valence-corrected chi connectivity index (χ2v) is 6.54. The van der Waals surface area contributed by atoms with Crippen LogP contribution in [0.3, 0.4) is 0 Å². The van der Waals surface area contributed by atoms with Crippen molar-refractivity contribution in [3.05, 3.63) is 42.0 Å². The van der Waals surface area contributed by atoms with Crippen molar-refractivity contribution < 1.29 is 8.42 Å². The van der Waals surface area contributed by atoms with E-state index in [2.05, 4.69) is 6.07 Å². The molecule has 0 amide bonds. The summed E-state index contributed by atoms with van der Waals surface area (Å²) in [5, 5.41) is 2.03. The molecule has 2 aromatic rings. The molecule has 0 atom stereocenters. The monoisotopic (exact) mass is 277 g/mol. The van der Waals surface area contributed by atoms with Crippen molar-refractivity contribution in [3.63, 3.8) is 0 Å². The van der Waals surface area contributed by atoms with Gasteiger partial charge in [0, 0.05) is 13.1 Å². The van der Waals surface area contributed by atoms with Gasteiger partial charge in [-0.25, -0.2) is 8.42 Å². The van der Waals surface area contributed by atoms with Crippen molar-refractivity contribution in [1.82, 2.24) is 4.31 Å². The first-order chi connectivity index (χ1) is 8.98. The fraction of sp³-hybridized carbons (Fsp3) is 0.333. The van der Waals surface area contributed by atoms with Crippen LogP contribution >= 0.6 is 0 Å². The number of fused-ring (bicyclic) bond motifs is 1. The van der Waals surface area contributed by atoms with Crippen LogP contribution in [0.15, 0.2) is 41.3 Å². The van der Waals surface area contributed by atoms with Crippen molar-refractivity contribution >= 4 is 20.8 Å². The van der Waals surface area contributed by atoms with E-state index >= 15 is 0 Å². The van der Waals surface area contributed by atoms with Gasteiger partial charge < -0.3 is 0 Å². The number of nitrogens with zero attached hydrogens (tertiary/aromatic N) is 1. The second kappa shape index (κ2) is 5.31. The van der Waals surface area contributed by atoms with Gasteiger partial charge in [-0.05, 0) is 29.8 Å². The highest BCUT2D eigenvalue weighted by Gasteiger charge is 2.21. The van der Waals surface area contributed by atoms with Crippen LogP contribution in [0.5, 0.6) is 0 Å². The van der Waals surface area contributed by atoms with Crippen molar-refractivity contribution in [2.75, 3.05) is 13.1 Å². The molecule has 0 unspecified atom stereocenters. The van der Waals surface area contributed by atoms with Crippen LogP contribution in [0.25, 0.3) is 10.8 Å². The summed E-state index contributed by atoms with van der Waals surface area (Å²) in [6, 6.07) is 11.3. The summed E-state index contributed by atoms with van der Waals surface area (Å²) in [5.41, 5.74) is 1.17. The zero-order valence-electron chi connectivity index (χ0n) is 11.6. The van der Waals surface area contributed by atoms with E-state index in [9.17, 15) is 8.42 Å². The Labute approximate surface area is 114 Å². The van der Waals surface area contributed by atoms with E-state index in [1.54, 1.807) is 12.1 Å². The highest BCUT2D eigenvalue weighted by atomic mass is 32.2. The topological polar surface area (TPSA) is 37.4 Å². The van der Waals surface area contributed by atoms with Crippen LogP contribution < -0.4 is 0 Å². The summed E-state index contributed by atoms with van der Waals surface area (Å²) < 4.78 is 26.3. The average Bonchev–Trinajstić information content (AvgIpc) is 2.39. The van der Waals surface area contributed by atoms with Gasteiger partial charge in [-0.3, -0.25) is 0 Å². The van der Waals surface area contributed by atoms with E-state index in [1.165, 1.54) is 9.87 Å². The third-order valence-electron chi connectivity index (χ3n) is 3.31. The molecule has 0 fully saturated rings. The highest BCUT2D eigenvalue weighted by molar-refractivity contribution is 7.89. The van der Waals surface area contributed by atoms with Gasteiger partial charge in [-0.1, -0.05) is 43.7 Å². The third-order valence-corrected chi connectivity index (χ3v) is 5.36. The smallest absolute Gasteiger partial charge is 0.207 e. The largest absolute Gasteiger partial charge is 0.243 e. The van der Waals surface area contributed by atoms with E-state index in [0.29, 0.717) is 18.0 Å². The number of benzene rings is 2. The summed E-state index contributed by atoms with van der Waals surface area (Å²) in [4.78, 5) is 0.368. The number of hydrogen-bond acceptors (Lipinski definition) is 2. The molecule has 0 N–H and O–H groups in total. The van der Waals surface area contributed by atoms with Crippen LogP contribution in [0.2, 0.25) is 0 Å². The second-order valence-electron chi connectivity index (χ2n) is 4.60. The lowest BCUT2D eigenvalue weighted by Crippen LogP contribution is -2.30. The number of rotatable bonds is 4. The molecule has 2 rings (SSSR count). The first kappa shape index (κ1) is 14.0. The first-order valence-electron chi connectivity index (χ1n) is 6.49. The Morgan fingerprint density at radius 2 is 1.53 bits per heavy atom. The standard InChI is InChI=1S/C15H19NO2S/c1-4-16(5-2)19(17,18)15-9-8-13-10-12(3)6-7-14(13)11-15/h6-11H,4-5H2,1-3H3. The summed E-state index contributed by atoms with van der Waals surface area (Å²) >= 11 is 0. The predicted molar refractivity (Wildman–Crippen MR) is 78.8 cm³/mol. The maximum Gasteiger partial charge on any atom is 0.243 e. The van der Waals surface area contributed by atoms with Gasteiger partial charge in [0.2, 0.25) is 10.0 Å². The lowest BCUT2D eigenvalue weighted by molar-refractivity contribution is 0.445.